The average Bonchev–Trinajstić information content (AvgIpc) is 2.50. The van der Waals surface area contributed by atoms with Crippen LogP contribution in [0.4, 0.5) is 0 Å². The van der Waals surface area contributed by atoms with Gasteiger partial charge in [0, 0.05) is 12.6 Å². The molecular weight excluding hydrogens is 162 g/mol. The van der Waals surface area contributed by atoms with Gasteiger partial charge in [-0.05, 0) is 40.4 Å². The number of nitriles is 1. The van der Waals surface area contributed by atoms with Crippen molar-refractivity contribution < 1.29 is 0 Å². The third-order valence-corrected chi connectivity index (χ3v) is 2.68. The predicted octanol–water partition coefficient (Wildman–Crippen LogP) is 0.924. The van der Waals surface area contributed by atoms with Crippen molar-refractivity contribution in [3.8, 4) is 6.07 Å². The maximum Gasteiger partial charge on any atom is 0.0952 e. The number of hydrogen-bond acceptors (Lipinski definition) is 3. The zero-order valence-corrected chi connectivity index (χ0v) is 8.82. The number of likely N-dealkylation sites (N-methyl/N-ethyl adjacent to an activating group) is 1. The Morgan fingerprint density at radius 1 is 1.62 bits per heavy atom. The molecule has 2 atom stereocenters. The number of rotatable bonds is 3. The monoisotopic (exact) mass is 181 g/mol. The molecule has 0 amide bonds. The molecule has 74 valence electrons. The minimum atomic E-state index is 0.0763. The molecule has 0 spiro atoms. The van der Waals surface area contributed by atoms with Crippen molar-refractivity contribution in [1.82, 2.24) is 9.80 Å². The fourth-order valence-corrected chi connectivity index (χ4v) is 2.06. The highest BCUT2D eigenvalue weighted by molar-refractivity contribution is 4.94. The van der Waals surface area contributed by atoms with E-state index in [1.54, 1.807) is 0 Å². The molecule has 0 radical (unpaired) electrons. The molecule has 1 heterocycles. The molecule has 0 aromatic rings. The molecule has 0 saturated carbocycles. The Hall–Kier alpha value is -0.590. The molecule has 0 aromatic heterocycles. The minimum absolute atomic E-state index is 0.0763. The molecule has 1 aliphatic heterocycles. The third-order valence-electron chi connectivity index (χ3n) is 2.68. The zero-order valence-electron chi connectivity index (χ0n) is 8.82. The summed E-state index contributed by atoms with van der Waals surface area (Å²) in [5.74, 6) is 0. The fourth-order valence-electron chi connectivity index (χ4n) is 2.06. The van der Waals surface area contributed by atoms with E-state index >= 15 is 0 Å². The van der Waals surface area contributed by atoms with Gasteiger partial charge in [-0.25, -0.2) is 0 Å². The SMILES string of the molecule is CC(C#N)N1CCCC1CN(C)C. The molecule has 1 aliphatic rings. The Morgan fingerprint density at radius 3 is 2.85 bits per heavy atom. The van der Waals surface area contributed by atoms with Crippen LogP contribution >= 0.6 is 0 Å². The van der Waals surface area contributed by atoms with Crippen LogP contribution in [0, 0.1) is 11.3 Å². The minimum Gasteiger partial charge on any atom is -0.308 e. The van der Waals surface area contributed by atoms with E-state index in [4.69, 9.17) is 5.26 Å². The normalized spacial score (nSPS) is 26.2. The van der Waals surface area contributed by atoms with Gasteiger partial charge in [0.25, 0.3) is 0 Å². The van der Waals surface area contributed by atoms with Crippen LogP contribution in [0.1, 0.15) is 19.8 Å². The summed E-state index contributed by atoms with van der Waals surface area (Å²) in [5, 5.41) is 8.84. The smallest absolute Gasteiger partial charge is 0.0952 e. The summed E-state index contributed by atoms with van der Waals surface area (Å²) in [7, 11) is 4.18. The predicted molar refractivity (Wildman–Crippen MR) is 53.4 cm³/mol. The van der Waals surface area contributed by atoms with E-state index in [0.29, 0.717) is 6.04 Å². The van der Waals surface area contributed by atoms with Crippen molar-refractivity contribution in [3.63, 3.8) is 0 Å². The van der Waals surface area contributed by atoms with Gasteiger partial charge >= 0.3 is 0 Å². The summed E-state index contributed by atoms with van der Waals surface area (Å²) in [5.41, 5.74) is 0. The van der Waals surface area contributed by atoms with Crippen molar-refractivity contribution in [2.75, 3.05) is 27.2 Å². The van der Waals surface area contributed by atoms with Crippen LogP contribution in [0.25, 0.3) is 0 Å². The maximum atomic E-state index is 8.84. The summed E-state index contributed by atoms with van der Waals surface area (Å²) in [6.45, 7) is 4.16. The lowest BCUT2D eigenvalue weighted by atomic mass is 10.2. The number of likely N-dealkylation sites (tertiary alicyclic amines) is 1. The maximum absolute atomic E-state index is 8.84. The molecule has 3 heteroatoms. The summed E-state index contributed by atoms with van der Waals surface area (Å²) >= 11 is 0. The molecule has 1 rings (SSSR count). The Labute approximate surface area is 80.9 Å². The van der Waals surface area contributed by atoms with Gasteiger partial charge in [0.1, 0.15) is 0 Å². The van der Waals surface area contributed by atoms with Crippen molar-refractivity contribution in [3.05, 3.63) is 0 Å². The van der Waals surface area contributed by atoms with Gasteiger partial charge in [0.15, 0.2) is 0 Å². The summed E-state index contributed by atoms with van der Waals surface area (Å²) in [6.07, 6.45) is 2.48. The highest BCUT2D eigenvalue weighted by Gasteiger charge is 2.28. The summed E-state index contributed by atoms with van der Waals surface area (Å²) in [6, 6.07) is 2.98. The number of hydrogen-bond donors (Lipinski definition) is 0. The van der Waals surface area contributed by atoms with Gasteiger partial charge in [0.05, 0.1) is 12.1 Å². The van der Waals surface area contributed by atoms with E-state index in [9.17, 15) is 0 Å². The second-order valence-corrected chi connectivity index (χ2v) is 4.10. The molecule has 2 unspecified atom stereocenters. The molecule has 0 bridgehead atoms. The molecule has 1 saturated heterocycles. The lowest BCUT2D eigenvalue weighted by molar-refractivity contribution is 0.188. The van der Waals surface area contributed by atoms with Crippen LogP contribution in [-0.4, -0.2) is 49.1 Å². The Morgan fingerprint density at radius 2 is 2.31 bits per heavy atom. The van der Waals surface area contributed by atoms with E-state index in [1.807, 2.05) is 6.92 Å². The molecule has 0 N–H and O–H groups in total. The molecule has 1 fully saturated rings. The van der Waals surface area contributed by atoms with Gasteiger partial charge < -0.3 is 4.90 Å². The van der Waals surface area contributed by atoms with E-state index in [2.05, 4.69) is 30.0 Å². The van der Waals surface area contributed by atoms with Crippen molar-refractivity contribution >= 4 is 0 Å². The Balaban J connectivity index is 2.49. The van der Waals surface area contributed by atoms with Crippen LogP contribution in [0.2, 0.25) is 0 Å². The first kappa shape index (κ1) is 10.5. The average molecular weight is 181 g/mol. The first-order chi connectivity index (χ1) is 6.15. The highest BCUT2D eigenvalue weighted by Crippen LogP contribution is 2.19. The van der Waals surface area contributed by atoms with E-state index < -0.39 is 0 Å². The third kappa shape index (κ3) is 2.68. The standard InChI is InChI=1S/C10H19N3/c1-9(7-11)13-6-4-5-10(13)8-12(2)3/h9-10H,4-6,8H2,1-3H3. The van der Waals surface area contributed by atoms with E-state index in [-0.39, 0.29) is 6.04 Å². The molecular formula is C10H19N3. The van der Waals surface area contributed by atoms with Crippen LogP contribution in [0.5, 0.6) is 0 Å². The van der Waals surface area contributed by atoms with Gasteiger partial charge in [-0.15, -0.1) is 0 Å². The van der Waals surface area contributed by atoms with Crippen molar-refractivity contribution in [2.24, 2.45) is 0 Å². The van der Waals surface area contributed by atoms with Gasteiger partial charge in [0.2, 0.25) is 0 Å². The van der Waals surface area contributed by atoms with Crippen LogP contribution in [0.3, 0.4) is 0 Å². The summed E-state index contributed by atoms with van der Waals surface area (Å²) in [4.78, 5) is 4.52. The molecule has 0 aromatic carbocycles. The van der Waals surface area contributed by atoms with E-state index in [1.165, 1.54) is 12.8 Å². The molecule has 3 nitrogen and oxygen atoms in total. The van der Waals surface area contributed by atoms with Gasteiger partial charge in [-0.2, -0.15) is 5.26 Å². The fraction of sp³-hybridized carbons (Fsp3) is 0.900. The van der Waals surface area contributed by atoms with Crippen molar-refractivity contribution in [1.29, 1.82) is 5.26 Å². The quantitative estimate of drug-likeness (QED) is 0.648. The zero-order chi connectivity index (χ0) is 9.84. The topological polar surface area (TPSA) is 30.3 Å². The van der Waals surface area contributed by atoms with Crippen LogP contribution in [0.15, 0.2) is 0 Å². The highest BCUT2D eigenvalue weighted by atomic mass is 15.2. The molecule has 0 aliphatic carbocycles. The lowest BCUT2D eigenvalue weighted by Crippen LogP contribution is -2.41. The first-order valence-electron chi connectivity index (χ1n) is 4.95. The second kappa shape index (κ2) is 4.59. The van der Waals surface area contributed by atoms with Gasteiger partial charge in [-0.1, -0.05) is 0 Å². The number of nitrogens with zero attached hydrogens (tertiary/aromatic N) is 3. The Bertz CT molecular complexity index is 195. The van der Waals surface area contributed by atoms with Crippen molar-refractivity contribution in [2.45, 2.75) is 31.8 Å². The Kier molecular flexibility index (Phi) is 3.71. The van der Waals surface area contributed by atoms with Gasteiger partial charge in [-0.3, -0.25) is 4.90 Å². The molecule has 13 heavy (non-hydrogen) atoms. The largest absolute Gasteiger partial charge is 0.308 e. The van der Waals surface area contributed by atoms with E-state index in [0.717, 1.165) is 13.1 Å². The summed E-state index contributed by atoms with van der Waals surface area (Å²) < 4.78 is 0. The first-order valence-corrected chi connectivity index (χ1v) is 4.95. The second-order valence-electron chi connectivity index (χ2n) is 4.10. The lowest BCUT2D eigenvalue weighted by Gasteiger charge is -2.28. The van der Waals surface area contributed by atoms with Crippen LogP contribution in [-0.2, 0) is 0 Å². The van der Waals surface area contributed by atoms with Crippen LogP contribution < -0.4 is 0 Å².